The molecule has 0 spiro atoms. The molecule has 2 aromatic rings. The van der Waals surface area contributed by atoms with Crippen LogP contribution in [-0.4, -0.2) is 12.6 Å². The number of halogens is 1. The van der Waals surface area contributed by atoms with Gasteiger partial charge in [-0.2, -0.15) is 0 Å². The van der Waals surface area contributed by atoms with Crippen LogP contribution in [0, 0.1) is 0 Å². The topological polar surface area (TPSA) is 26.3 Å². The number of hydrogen-bond donors (Lipinski definition) is 0. The van der Waals surface area contributed by atoms with Crippen molar-refractivity contribution in [3.63, 3.8) is 0 Å². The molecule has 0 aliphatic carbocycles. The second-order valence-corrected chi connectivity index (χ2v) is 3.80. The highest BCUT2D eigenvalue weighted by Crippen LogP contribution is 2.24. The Morgan fingerprint density at radius 2 is 2.12 bits per heavy atom. The third-order valence-electron chi connectivity index (χ3n) is 2.34. The van der Waals surface area contributed by atoms with Crippen molar-refractivity contribution in [2.45, 2.75) is 6.92 Å². The van der Waals surface area contributed by atoms with E-state index in [9.17, 15) is 4.79 Å². The molecular weight excluding hydrogens is 224 g/mol. The van der Waals surface area contributed by atoms with Crippen molar-refractivity contribution < 1.29 is 9.53 Å². The van der Waals surface area contributed by atoms with Crippen LogP contribution in [0.2, 0.25) is 5.02 Å². The summed E-state index contributed by atoms with van der Waals surface area (Å²) in [6.07, 6.45) is 0. The van der Waals surface area contributed by atoms with Crippen molar-refractivity contribution in [1.29, 1.82) is 0 Å². The molecule has 2 nitrogen and oxygen atoms in total. The Balaban J connectivity index is 2.48. The maximum atomic E-state index is 11.5. The summed E-state index contributed by atoms with van der Waals surface area (Å²) in [5, 5.41) is 2.57. The van der Waals surface area contributed by atoms with Gasteiger partial charge in [0.15, 0.2) is 0 Å². The van der Waals surface area contributed by atoms with E-state index in [0.29, 0.717) is 17.2 Å². The number of carbonyl (C=O) groups is 1. The number of carbonyl (C=O) groups excluding carboxylic acids is 1. The minimum absolute atomic E-state index is 0.302. The first-order valence-corrected chi connectivity index (χ1v) is 5.45. The zero-order chi connectivity index (χ0) is 11.5. The van der Waals surface area contributed by atoms with Crippen LogP contribution in [0.25, 0.3) is 10.8 Å². The highest BCUT2D eigenvalue weighted by Gasteiger charge is 2.07. The zero-order valence-electron chi connectivity index (χ0n) is 8.87. The Kier molecular flexibility index (Phi) is 3.11. The molecule has 0 aliphatic rings. The third kappa shape index (κ3) is 2.02. The molecule has 0 unspecified atom stereocenters. The third-order valence-corrected chi connectivity index (χ3v) is 2.67. The van der Waals surface area contributed by atoms with Gasteiger partial charge in [-0.3, -0.25) is 0 Å². The molecule has 3 heteroatoms. The van der Waals surface area contributed by atoms with Crippen LogP contribution < -0.4 is 0 Å². The predicted octanol–water partition coefficient (Wildman–Crippen LogP) is 3.67. The second-order valence-electron chi connectivity index (χ2n) is 3.40. The molecule has 0 atom stereocenters. The van der Waals surface area contributed by atoms with E-state index in [1.807, 2.05) is 24.3 Å². The highest BCUT2D eigenvalue weighted by atomic mass is 35.5. The fourth-order valence-corrected chi connectivity index (χ4v) is 1.83. The molecule has 0 radical (unpaired) electrons. The van der Waals surface area contributed by atoms with E-state index in [1.54, 1.807) is 19.1 Å². The first kappa shape index (κ1) is 11.0. The largest absolute Gasteiger partial charge is 0.462 e. The molecule has 0 N–H and O–H groups in total. The van der Waals surface area contributed by atoms with Crippen molar-refractivity contribution in [2.24, 2.45) is 0 Å². The van der Waals surface area contributed by atoms with E-state index < -0.39 is 0 Å². The lowest BCUT2D eigenvalue weighted by molar-refractivity contribution is 0.0526. The molecule has 0 saturated carbocycles. The minimum Gasteiger partial charge on any atom is -0.462 e. The molecule has 16 heavy (non-hydrogen) atoms. The van der Waals surface area contributed by atoms with Gasteiger partial charge in [-0.05, 0) is 30.5 Å². The first-order chi connectivity index (χ1) is 7.72. The van der Waals surface area contributed by atoms with E-state index in [4.69, 9.17) is 16.3 Å². The van der Waals surface area contributed by atoms with Gasteiger partial charge in [0.05, 0.1) is 12.2 Å². The molecule has 0 saturated heterocycles. The molecule has 82 valence electrons. The summed E-state index contributed by atoms with van der Waals surface area (Å²) >= 11 is 6.03. The summed E-state index contributed by atoms with van der Waals surface area (Å²) in [6.45, 7) is 2.17. The van der Waals surface area contributed by atoms with E-state index >= 15 is 0 Å². The molecule has 0 aromatic heterocycles. The monoisotopic (exact) mass is 234 g/mol. The van der Waals surface area contributed by atoms with Gasteiger partial charge in [0.25, 0.3) is 0 Å². The molecule has 0 fully saturated rings. The Hall–Kier alpha value is -1.54. The number of fused-ring (bicyclic) bond motifs is 1. The van der Waals surface area contributed by atoms with Crippen LogP contribution in [0.3, 0.4) is 0 Å². The average Bonchev–Trinajstić information content (AvgIpc) is 2.29. The Morgan fingerprint density at radius 1 is 1.31 bits per heavy atom. The van der Waals surface area contributed by atoms with E-state index in [-0.39, 0.29) is 5.97 Å². The quantitative estimate of drug-likeness (QED) is 0.741. The molecule has 0 bridgehead atoms. The smallest absolute Gasteiger partial charge is 0.338 e. The maximum absolute atomic E-state index is 11.5. The normalized spacial score (nSPS) is 10.4. The van der Waals surface area contributed by atoms with Crippen LogP contribution in [0.5, 0.6) is 0 Å². The van der Waals surface area contributed by atoms with Crippen LogP contribution in [0.15, 0.2) is 36.4 Å². The van der Waals surface area contributed by atoms with Gasteiger partial charge in [0, 0.05) is 10.4 Å². The fraction of sp³-hybridized carbons (Fsp3) is 0.154. The van der Waals surface area contributed by atoms with Gasteiger partial charge in [-0.25, -0.2) is 4.79 Å². The van der Waals surface area contributed by atoms with E-state index in [2.05, 4.69) is 0 Å². The van der Waals surface area contributed by atoms with Crippen molar-refractivity contribution in [1.82, 2.24) is 0 Å². The van der Waals surface area contributed by atoms with Crippen molar-refractivity contribution >= 4 is 28.3 Å². The van der Waals surface area contributed by atoms with Crippen molar-refractivity contribution in [3.05, 3.63) is 47.0 Å². The van der Waals surface area contributed by atoms with Crippen LogP contribution in [0.4, 0.5) is 0 Å². The summed E-state index contributed by atoms with van der Waals surface area (Å²) < 4.78 is 4.94. The molecule has 0 aliphatic heterocycles. The van der Waals surface area contributed by atoms with E-state index in [0.717, 1.165) is 10.8 Å². The number of ether oxygens (including phenoxy) is 1. The standard InChI is InChI=1S/C13H11ClO2/c1-2-16-13(15)10-6-7-11-9(8-10)4-3-5-12(11)14/h3-8H,2H2,1H3. The average molecular weight is 235 g/mol. The van der Waals surface area contributed by atoms with Gasteiger partial charge in [0.1, 0.15) is 0 Å². The number of hydrogen-bond acceptors (Lipinski definition) is 2. The number of benzene rings is 2. The molecule has 2 rings (SSSR count). The predicted molar refractivity (Wildman–Crippen MR) is 64.9 cm³/mol. The second kappa shape index (κ2) is 4.54. The Bertz CT molecular complexity index is 534. The SMILES string of the molecule is CCOC(=O)c1ccc2c(Cl)cccc2c1. The Morgan fingerprint density at radius 3 is 2.88 bits per heavy atom. The van der Waals surface area contributed by atoms with Gasteiger partial charge in [0.2, 0.25) is 0 Å². The minimum atomic E-state index is -0.302. The molecule has 0 heterocycles. The lowest BCUT2D eigenvalue weighted by atomic mass is 10.1. The summed E-state index contributed by atoms with van der Waals surface area (Å²) in [4.78, 5) is 11.5. The summed E-state index contributed by atoms with van der Waals surface area (Å²) in [7, 11) is 0. The zero-order valence-corrected chi connectivity index (χ0v) is 9.62. The maximum Gasteiger partial charge on any atom is 0.338 e. The molecule has 0 amide bonds. The highest BCUT2D eigenvalue weighted by molar-refractivity contribution is 6.35. The lowest BCUT2D eigenvalue weighted by Gasteiger charge is -2.04. The van der Waals surface area contributed by atoms with Gasteiger partial charge in [-0.1, -0.05) is 29.8 Å². The van der Waals surface area contributed by atoms with Crippen LogP contribution in [-0.2, 0) is 4.74 Å². The fourth-order valence-electron chi connectivity index (χ4n) is 1.59. The van der Waals surface area contributed by atoms with E-state index in [1.165, 1.54) is 0 Å². The van der Waals surface area contributed by atoms with Gasteiger partial charge in [-0.15, -0.1) is 0 Å². The van der Waals surface area contributed by atoms with Crippen LogP contribution >= 0.6 is 11.6 Å². The first-order valence-electron chi connectivity index (χ1n) is 5.08. The number of rotatable bonds is 2. The van der Waals surface area contributed by atoms with Crippen molar-refractivity contribution in [2.75, 3.05) is 6.61 Å². The summed E-state index contributed by atoms with van der Waals surface area (Å²) in [6, 6.07) is 11.0. The Labute approximate surface area is 98.8 Å². The van der Waals surface area contributed by atoms with Crippen LogP contribution in [0.1, 0.15) is 17.3 Å². The summed E-state index contributed by atoms with van der Waals surface area (Å²) in [5.74, 6) is -0.302. The number of esters is 1. The van der Waals surface area contributed by atoms with Crippen molar-refractivity contribution in [3.8, 4) is 0 Å². The molecular formula is C13H11ClO2. The molecule has 2 aromatic carbocycles. The van der Waals surface area contributed by atoms with Gasteiger partial charge < -0.3 is 4.74 Å². The lowest BCUT2D eigenvalue weighted by Crippen LogP contribution is -2.04. The summed E-state index contributed by atoms with van der Waals surface area (Å²) in [5.41, 5.74) is 0.552. The van der Waals surface area contributed by atoms with Gasteiger partial charge >= 0.3 is 5.97 Å².